The summed E-state index contributed by atoms with van der Waals surface area (Å²) >= 11 is 0. The molecule has 4 aliphatic heterocycles. The normalized spacial score (nSPS) is 19.9. The molecule has 5 aliphatic rings. The summed E-state index contributed by atoms with van der Waals surface area (Å²) in [6.07, 6.45) is 7.04. The van der Waals surface area contributed by atoms with E-state index in [9.17, 15) is 23.3 Å². The number of nitro benzene ring substituents is 1. The molecule has 1 amide bonds. The summed E-state index contributed by atoms with van der Waals surface area (Å²) in [6, 6.07) is 24.6. The average Bonchev–Trinajstić information content (AvgIpc) is 3.89. The molecule has 1 spiro atoms. The molecule has 20 heteroatoms. The zero-order chi connectivity index (χ0) is 52.8. The van der Waals surface area contributed by atoms with Gasteiger partial charge in [0.2, 0.25) is 0 Å². The van der Waals surface area contributed by atoms with Crippen LogP contribution in [-0.4, -0.2) is 116 Å². The number of anilines is 2. The highest BCUT2D eigenvalue weighted by molar-refractivity contribution is 7.90. The number of amides is 1. The lowest BCUT2D eigenvalue weighted by Crippen LogP contribution is -2.60. The maximum absolute atomic E-state index is 16.6. The van der Waals surface area contributed by atoms with Gasteiger partial charge in [0.25, 0.3) is 21.6 Å². The number of nitro groups is 1. The van der Waals surface area contributed by atoms with Gasteiger partial charge in [-0.25, -0.2) is 26.9 Å². The molecule has 400 valence electrons. The number of benzene rings is 4. The molecule has 0 unspecified atom stereocenters. The summed E-state index contributed by atoms with van der Waals surface area (Å²) in [7, 11) is -4.79. The van der Waals surface area contributed by atoms with Crippen LogP contribution in [0.15, 0.2) is 102 Å². The first kappa shape index (κ1) is 51.2. The van der Waals surface area contributed by atoms with Crippen LogP contribution in [0.5, 0.6) is 23.0 Å². The smallest absolute Gasteiger partial charge is 0.293 e. The predicted octanol–water partition coefficient (Wildman–Crippen LogP) is 9.65. The lowest BCUT2D eigenvalue weighted by Gasteiger charge is -2.58. The van der Waals surface area contributed by atoms with Crippen molar-refractivity contribution in [1.82, 2.24) is 24.5 Å². The topological polar surface area (TPSA) is 194 Å². The number of piperazine rings is 1. The van der Waals surface area contributed by atoms with Crippen LogP contribution in [0.3, 0.4) is 0 Å². The molecule has 3 N–H and O–H groups in total. The molecule has 2 aromatic heterocycles. The number of halogens is 2. The second-order valence-electron chi connectivity index (χ2n) is 21.3. The Labute approximate surface area is 440 Å². The van der Waals surface area contributed by atoms with Crippen molar-refractivity contribution in [2.75, 3.05) is 75.9 Å². The summed E-state index contributed by atoms with van der Waals surface area (Å²) in [5.74, 6) is 0.0743. The minimum Gasteiger partial charge on any atom is -0.486 e. The van der Waals surface area contributed by atoms with Gasteiger partial charge in [-0.05, 0) is 96.2 Å². The molecule has 0 bridgehead atoms. The number of nitrogens with zero attached hydrogens (tertiary/aromatic N) is 5. The zero-order valence-corrected chi connectivity index (χ0v) is 43.4. The number of aromatic amines is 1. The van der Waals surface area contributed by atoms with E-state index in [0.717, 1.165) is 87.6 Å². The van der Waals surface area contributed by atoms with Crippen LogP contribution in [0, 0.1) is 21.3 Å². The number of nitrogens with one attached hydrogen (secondary N) is 3. The lowest BCUT2D eigenvalue weighted by molar-refractivity contribution is -0.384. The van der Waals surface area contributed by atoms with Crippen molar-refractivity contribution in [2.24, 2.45) is 5.41 Å². The number of ether oxygens (including phenoxy) is 4. The fourth-order valence-corrected chi connectivity index (χ4v) is 12.8. The largest absolute Gasteiger partial charge is 0.486 e. The fraction of sp³-hybridized carbons (Fsp3) is 0.429. The lowest BCUT2D eigenvalue weighted by atomic mass is 9.59. The maximum atomic E-state index is 16.6. The molecule has 1 atom stereocenters. The van der Waals surface area contributed by atoms with E-state index in [2.05, 4.69) is 75.3 Å². The Morgan fingerprint density at radius 3 is 2.49 bits per heavy atom. The van der Waals surface area contributed by atoms with Gasteiger partial charge in [0.15, 0.2) is 11.5 Å². The van der Waals surface area contributed by atoms with Gasteiger partial charge in [0.1, 0.15) is 47.5 Å². The number of H-pyrrole nitrogens is 1. The number of pyridine rings is 1. The van der Waals surface area contributed by atoms with Crippen molar-refractivity contribution < 1.29 is 45.9 Å². The van der Waals surface area contributed by atoms with Gasteiger partial charge >= 0.3 is 0 Å². The molecule has 1 saturated carbocycles. The van der Waals surface area contributed by atoms with Gasteiger partial charge < -0.3 is 34.1 Å². The molecule has 11 rings (SSSR count). The third kappa shape index (κ3) is 10.6. The SMILES string of the molecule is CC(C)c1ccccc1[C@@H]1CN(Cc2ccc3c(c2)OCCO3)CCN1C1CC2(CCN(c3cc(Oc4cnc5[nH]ccc5c4)c(C(=O)NS(=O)(=O)c4ccc(NCC5(F)CCOCC5)c([N+](=O)[O-])c4)cc3F)CC2)C1. The van der Waals surface area contributed by atoms with E-state index in [0.29, 0.717) is 49.3 Å². The number of aromatic nitrogens is 2. The molecule has 3 saturated heterocycles. The minimum atomic E-state index is -4.79. The van der Waals surface area contributed by atoms with Gasteiger partial charge in [-0.1, -0.05) is 44.2 Å². The van der Waals surface area contributed by atoms with E-state index < -0.39 is 48.5 Å². The van der Waals surface area contributed by atoms with E-state index in [-0.39, 0.29) is 66.9 Å². The molecule has 76 heavy (non-hydrogen) atoms. The van der Waals surface area contributed by atoms with Crippen molar-refractivity contribution >= 4 is 44.0 Å². The van der Waals surface area contributed by atoms with E-state index >= 15 is 8.78 Å². The van der Waals surface area contributed by atoms with Gasteiger partial charge in [-0.2, -0.15) is 0 Å². The standard InChI is InChI=1S/C56H62F2N8O9S/c1-36(2)42-5-3-4-6-43(42)49-34-63(33-37-7-10-50-52(25-37)74-24-23-73-50)19-20-65(49)39-30-55(31-39)12-17-64(18-13-55)47-29-51(75-40-26-38-11-16-59-53(38)60-32-40)44(28-45(47)57)54(67)62-76(70,71)41-8-9-46(48(27-41)66(68)69)61-35-56(58)14-21-72-22-15-56/h3-11,16,25-29,32,36,39,49,61H,12-15,17-24,30-31,33-35H2,1-2H3,(H,59,60)(H,62,67)/t49-/m0/s1. The Kier molecular flexibility index (Phi) is 14.1. The van der Waals surface area contributed by atoms with E-state index in [1.165, 1.54) is 29.0 Å². The molecule has 0 radical (unpaired) electrons. The van der Waals surface area contributed by atoms with Gasteiger partial charge in [-0.3, -0.25) is 24.7 Å². The molecular formula is C56H62F2N8O9S. The van der Waals surface area contributed by atoms with Gasteiger partial charge in [0, 0.05) is 108 Å². The summed E-state index contributed by atoms with van der Waals surface area (Å²) < 4.78 is 84.7. The number of rotatable bonds is 15. The van der Waals surface area contributed by atoms with Crippen LogP contribution in [0.2, 0.25) is 0 Å². The van der Waals surface area contributed by atoms with Crippen LogP contribution < -0.4 is 29.1 Å². The molecule has 4 aromatic carbocycles. The molecule has 6 heterocycles. The highest BCUT2D eigenvalue weighted by Gasteiger charge is 2.50. The average molecular weight is 1060 g/mol. The van der Waals surface area contributed by atoms with Crippen LogP contribution in [0.4, 0.5) is 25.8 Å². The summed E-state index contributed by atoms with van der Waals surface area (Å²) in [5, 5.41) is 15.6. The van der Waals surface area contributed by atoms with Crippen molar-refractivity contribution in [3.8, 4) is 23.0 Å². The van der Waals surface area contributed by atoms with E-state index in [1.807, 2.05) is 15.7 Å². The number of hydrogen-bond acceptors (Lipinski definition) is 14. The van der Waals surface area contributed by atoms with Crippen molar-refractivity contribution in [1.29, 1.82) is 0 Å². The first-order chi connectivity index (χ1) is 36.6. The number of carbonyl (C=O) groups is 1. The third-order valence-electron chi connectivity index (χ3n) is 16.1. The van der Waals surface area contributed by atoms with Crippen LogP contribution in [0.1, 0.15) is 91.4 Å². The quantitative estimate of drug-likeness (QED) is 0.0650. The maximum Gasteiger partial charge on any atom is 0.293 e. The first-order valence-electron chi connectivity index (χ1n) is 26.1. The Bertz CT molecular complexity index is 3260. The number of sulfonamides is 1. The predicted molar refractivity (Wildman–Crippen MR) is 282 cm³/mol. The van der Waals surface area contributed by atoms with Crippen LogP contribution in [0.25, 0.3) is 11.0 Å². The second kappa shape index (κ2) is 20.9. The van der Waals surface area contributed by atoms with Crippen LogP contribution in [-0.2, 0) is 21.3 Å². The number of fused-ring (bicyclic) bond motifs is 2. The zero-order valence-electron chi connectivity index (χ0n) is 42.6. The number of carbonyl (C=O) groups excluding carboxylic acids is 1. The van der Waals surface area contributed by atoms with Crippen molar-refractivity contribution in [3.63, 3.8) is 0 Å². The molecule has 17 nitrogen and oxygen atoms in total. The molecule has 6 aromatic rings. The first-order valence-corrected chi connectivity index (χ1v) is 27.6. The highest BCUT2D eigenvalue weighted by Crippen LogP contribution is 2.54. The molecule has 4 fully saturated rings. The van der Waals surface area contributed by atoms with Crippen LogP contribution >= 0.6 is 0 Å². The Hall–Kier alpha value is -6.87. The minimum absolute atomic E-state index is 0.0802. The Balaban J connectivity index is 0.796. The number of piperidine rings is 1. The van der Waals surface area contributed by atoms with Crippen molar-refractivity contribution in [2.45, 2.75) is 87.5 Å². The molecular weight excluding hydrogens is 999 g/mol. The van der Waals surface area contributed by atoms with Gasteiger partial charge in [0.05, 0.1) is 27.3 Å². The highest BCUT2D eigenvalue weighted by atomic mass is 32.2. The second-order valence-corrected chi connectivity index (χ2v) is 23.0. The van der Waals surface area contributed by atoms with E-state index in [4.69, 9.17) is 18.9 Å². The summed E-state index contributed by atoms with van der Waals surface area (Å²) in [4.78, 5) is 39.5. The van der Waals surface area contributed by atoms with Crippen molar-refractivity contribution in [3.05, 3.63) is 136 Å². The van der Waals surface area contributed by atoms with E-state index in [1.54, 1.807) is 18.3 Å². The Morgan fingerprint density at radius 2 is 1.71 bits per heavy atom. The monoisotopic (exact) mass is 1060 g/mol. The number of hydrogen-bond donors (Lipinski definition) is 3. The number of alkyl halides is 1. The molecule has 1 aliphatic carbocycles. The third-order valence-corrected chi connectivity index (χ3v) is 17.4. The fourth-order valence-electron chi connectivity index (χ4n) is 11.8. The van der Waals surface area contributed by atoms with Gasteiger partial charge in [-0.15, -0.1) is 0 Å². The summed E-state index contributed by atoms with van der Waals surface area (Å²) in [5.41, 5.74) is 1.96. The Morgan fingerprint density at radius 1 is 0.934 bits per heavy atom. The summed E-state index contributed by atoms with van der Waals surface area (Å²) in [6.45, 7) is 10.4.